The minimum Gasteiger partial charge on any atom is -0.420 e. The third-order valence-electron chi connectivity index (χ3n) is 3.34. The Morgan fingerprint density at radius 1 is 1.39 bits per heavy atom. The van der Waals surface area contributed by atoms with Crippen LogP contribution < -0.4 is 5.32 Å². The quantitative estimate of drug-likeness (QED) is 0.776. The molecular formula is C15H17N5O2S. The predicted molar refractivity (Wildman–Crippen MR) is 87.6 cm³/mol. The molecule has 7 nitrogen and oxygen atoms in total. The van der Waals surface area contributed by atoms with Gasteiger partial charge in [-0.25, -0.2) is 0 Å². The molecule has 0 aliphatic rings. The lowest BCUT2D eigenvalue weighted by Crippen LogP contribution is -2.13. The van der Waals surface area contributed by atoms with Crippen molar-refractivity contribution in [2.75, 3.05) is 5.32 Å². The van der Waals surface area contributed by atoms with Crippen molar-refractivity contribution >= 4 is 22.9 Å². The van der Waals surface area contributed by atoms with Gasteiger partial charge in [0, 0.05) is 24.0 Å². The van der Waals surface area contributed by atoms with Gasteiger partial charge in [0.2, 0.25) is 5.89 Å². The second kappa shape index (κ2) is 6.33. The number of amides is 1. The third kappa shape index (κ3) is 3.16. The standard InChI is InChI=1S/C15H17N5O2S/c1-4-13-17-18-15(22-13)12-8-11(9(3)23-12)16-14(21)10-6-7-20(5-2)19-10/h6-8H,4-5H2,1-3H3,(H,16,21). The number of hydrogen-bond acceptors (Lipinski definition) is 6. The largest absolute Gasteiger partial charge is 0.420 e. The Morgan fingerprint density at radius 2 is 2.22 bits per heavy atom. The first-order valence-corrected chi connectivity index (χ1v) is 8.20. The summed E-state index contributed by atoms with van der Waals surface area (Å²) in [6, 6.07) is 3.55. The molecule has 3 rings (SSSR count). The highest BCUT2D eigenvalue weighted by molar-refractivity contribution is 7.15. The number of aromatic nitrogens is 4. The maximum absolute atomic E-state index is 12.3. The SMILES string of the molecule is CCc1nnc(-c2cc(NC(=O)c3ccn(CC)n3)c(C)s2)o1. The Morgan fingerprint density at radius 3 is 2.87 bits per heavy atom. The molecule has 23 heavy (non-hydrogen) atoms. The zero-order chi connectivity index (χ0) is 16.4. The molecule has 0 atom stereocenters. The van der Waals surface area contributed by atoms with Crippen LogP contribution in [0.2, 0.25) is 0 Å². The van der Waals surface area contributed by atoms with Gasteiger partial charge in [-0.05, 0) is 26.0 Å². The number of carbonyl (C=O) groups excluding carboxylic acids is 1. The van der Waals surface area contributed by atoms with Gasteiger partial charge in [0.05, 0.1) is 10.6 Å². The Bertz CT molecular complexity index is 833. The Hall–Kier alpha value is -2.48. The van der Waals surface area contributed by atoms with Crippen LogP contribution in [-0.4, -0.2) is 25.9 Å². The van der Waals surface area contributed by atoms with E-state index in [0.29, 0.717) is 23.9 Å². The second-order valence-electron chi connectivity index (χ2n) is 4.95. The van der Waals surface area contributed by atoms with E-state index in [1.807, 2.05) is 26.8 Å². The van der Waals surface area contributed by atoms with Crippen LogP contribution in [-0.2, 0) is 13.0 Å². The molecular weight excluding hydrogens is 314 g/mol. The van der Waals surface area contributed by atoms with E-state index in [1.54, 1.807) is 16.9 Å². The highest BCUT2D eigenvalue weighted by Crippen LogP contribution is 2.33. The van der Waals surface area contributed by atoms with E-state index in [4.69, 9.17) is 4.42 Å². The number of aryl methyl sites for hydroxylation is 3. The van der Waals surface area contributed by atoms with Crippen LogP contribution in [0.5, 0.6) is 0 Å². The zero-order valence-electron chi connectivity index (χ0n) is 13.2. The minimum atomic E-state index is -0.232. The van der Waals surface area contributed by atoms with Crippen molar-refractivity contribution in [1.82, 2.24) is 20.0 Å². The van der Waals surface area contributed by atoms with Crippen LogP contribution in [0.1, 0.15) is 35.1 Å². The van der Waals surface area contributed by atoms with Crippen LogP contribution in [0.25, 0.3) is 10.8 Å². The summed E-state index contributed by atoms with van der Waals surface area (Å²) < 4.78 is 7.27. The summed E-state index contributed by atoms with van der Waals surface area (Å²) in [7, 11) is 0. The molecule has 3 aromatic heterocycles. The number of hydrogen-bond donors (Lipinski definition) is 1. The predicted octanol–water partition coefficient (Wildman–Crippen LogP) is 3.14. The molecule has 0 spiro atoms. The number of carbonyl (C=O) groups is 1. The van der Waals surface area contributed by atoms with E-state index >= 15 is 0 Å². The fourth-order valence-corrected chi connectivity index (χ4v) is 2.95. The fourth-order valence-electron chi connectivity index (χ4n) is 2.05. The molecule has 120 valence electrons. The van der Waals surface area contributed by atoms with E-state index in [2.05, 4.69) is 20.6 Å². The Kier molecular flexibility index (Phi) is 4.24. The van der Waals surface area contributed by atoms with Gasteiger partial charge >= 0.3 is 0 Å². The number of rotatable bonds is 5. The van der Waals surface area contributed by atoms with Gasteiger partial charge in [-0.3, -0.25) is 9.48 Å². The van der Waals surface area contributed by atoms with Gasteiger partial charge in [-0.2, -0.15) is 5.10 Å². The van der Waals surface area contributed by atoms with Crippen molar-refractivity contribution in [2.45, 2.75) is 33.7 Å². The van der Waals surface area contributed by atoms with Crippen molar-refractivity contribution in [3.05, 3.63) is 34.8 Å². The van der Waals surface area contributed by atoms with E-state index in [1.165, 1.54) is 11.3 Å². The van der Waals surface area contributed by atoms with Crippen LogP contribution in [0, 0.1) is 6.92 Å². The van der Waals surface area contributed by atoms with Crippen molar-refractivity contribution in [2.24, 2.45) is 0 Å². The smallest absolute Gasteiger partial charge is 0.276 e. The molecule has 0 saturated carbocycles. The summed E-state index contributed by atoms with van der Waals surface area (Å²) in [6.45, 7) is 6.59. The maximum Gasteiger partial charge on any atom is 0.276 e. The van der Waals surface area contributed by atoms with Crippen LogP contribution in [0.15, 0.2) is 22.7 Å². The monoisotopic (exact) mass is 331 g/mol. The molecule has 0 fully saturated rings. The Labute approximate surface area is 137 Å². The molecule has 3 heterocycles. The second-order valence-corrected chi connectivity index (χ2v) is 6.20. The highest BCUT2D eigenvalue weighted by atomic mass is 32.1. The molecule has 1 N–H and O–H groups in total. The molecule has 0 radical (unpaired) electrons. The summed E-state index contributed by atoms with van der Waals surface area (Å²) in [5.41, 5.74) is 1.13. The van der Waals surface area contributed by atoms with Crippen molar-refractivity contribution < 1.29 is 9.21 Å². The van der Waals surface area contributed by atoms with E-state index in [0.717, 1.165) is 22.0 Å². The van der Waals surface area contributed by atoms with Crippen LogP contribution in [0.4, 0.5) is 5.69 Å². The topological polar surface area (TPSA) is 85.8 Å². The average Bonchev–Trinajstić information content (AvgIpc) is 3.26. The highest BCUT2D eigenvalue weighted by Gasteiger charge is 2.16. The van der Waals surface area contributed by atoms with E-state index < -0.39 is 0 Å². The van der Waals surface area contributed by atoms with Gasteiger partial charge in [0.15, 0.2) is 5.69 Å². The van der Waals surface area contributed by atoms with Crippen LogP contribution >= 0.6 is 11.3 Å². The lowest BCUT2D eigenvalue weighted by Gasteiger charge is -2.01. The van der Waals surface area contributed by atoms with Gasteiger partial charge in [-0.15, -0.1) is 21.5 Å². The van der Waals surface area contributed by atoms with Crippen molar-refractivity contribution in [1.29, 1.82) is 0 Å². The Balaban J connectivity index is 1.79. The number of nitrogens with one attached hydrogen (secondary N) is 1. The fraction of sp³-hybridized carbons (Fsp3) is 0.333. The summed E-state index contributed by atoms with van der Waals surface area (Å²) in [5, 5.41) is 15.1. The van der Waals surface area contributed by atoms with Gasteiger partial charge in [-0.1, -0.05) is 6.92 Å². The summed E-state index contributed by atoms with van der Waals surface area (Å²) in [6.07, 6.45) is 2.48. The first-order valence-electron chi connectivity index (χ1n) is 7.38. The molecule has 0 aliphatic heterocycles. The molecule has 1 amide bonds. The number of thiophene rings is 1. The summed E-state index contributed by atoms with van der Waals surface area (Å²) in [5.74, 6) is 0.844. The maximum atomic E-state index is 12.3. The average molecular weight is 331 g/mol. The van der Waals surface area contributed by atoms with E-state index in [-0.39, 0.29) is 5.91 Å². The van der Waals surface area contributed by atoms with Gasteiger partial charge in [0.1, 0.15) is 0 Å². The van der Waals surface area contributed by atoms with Gasteiger partial charge < -0.3 is 9.73 Å². The molecule has 0 aromatic carbocycles. The minimum absolute atomic E-state index is 0.232. The molecule has 8 heteroatoms. The first kappa shape index (κ1) is 15.4. The first-order chi connectivity index (χ1) is 11.1. The normalized spacial score (nSPS) is 10.9. The van der Waals surface area contributed by atoms with Gasteiger partial charge in [0.25, 0.3) is 11.8 Å². The number of anilines is 1. The molecule has 3 aromatic rings. The zero-order valence-corrected chi connectivity index (χ0v) is 14.0. The van der Waals surface area contributed by atoms with Crippen molar-refractivity contribution in [3.8, 4) is 10.8 Å². The summed E-state index contributed by atoms with van der Waals surface area (Å²) >= 11 is 1.50. The van der Waals surface area contributed by atoms with Crippen LogP contribution in [0.3, 0.4) is 0 Å². The molecule has 0 unspecified atom stereocenters. The molecule has 0 bridgehead atoms. The number of nitrogens with zero attached hydrogens (tertiary/aromatic N) is 4. The third-order valence-corrected chi connectivity index (χ3v) is 4.38. The molecule has 0 saturated heterocycles. The molecule has 0 aliphatic carbocycles. The lowest BCUT2D eigenvalue weighted by molar-refractivity contribution is 0.102. The van der Waals surface area contributed by atoms with Crippen molar-refractivity contribution in [3.63, 3.8) is 0 Å². The lowest BCUT2D eigenvalue weighted by atomic mass is 10.3. The summed E-state index contributed by atoms with van der Waals surface area (Å²) in [4.78, 5) is 14.1. The van der Waals surface area contributed by atoms with E-state index in [9.17, 15) is 4.79 Å².